The fraction of sp³-hybridized carbons (Fsp3) is 0. The Hall–Kier alpha value is -3.47. The van der Waals surface area contributed by atoms with Gasteiger partial charge in [0.05, 0.1) is 11.7 Å². The van der Waals surface area contributed by atoms with E-state index in [0.29, 0.717) is 45.8 Å². The Kier molecular flexibility index (Phi) is 2.04. The van der Waals surface area contributed by atoms with Crippen molar-refractivity contribution in [2.24, 2.45) is 0 Å². The normalized spacial score (nSPS) is 12.2. The summed E-state index contributed by atoms with van der Waals surface area (Å²) < 4.78 is 11.4. The summed E-state index contributed by atoms with van der Waals surface area (Å²) in [5.41, 5.74) is 5.49. The zero-order valence-corrected chi connectivity index (χ0v) is 12.5. The van der Waals surface area contributed by atoms with Crippen molar-refractivity contribution in [1.29, 1.82) is 0 Å². The Morgan fingerprint density at radius 3 is 2.71 bits per heavy atom. The molecule has 0 aliphatic heterocycles. The molecular formula is C13H6N8O2S. The number of nitrogens with one attached hydrogen (secondary N) is 3. The number of H-pyrrole nitrogens is 3. The minimum Gasteiger partial charge on any atom is -0.432 e. The van der Waals surface area contributed by atoms with E-state index in [1.807, 2.05) is 0 Å². The van der Waals surface area contributed by atoms with Crippen LogP contribution in [-0.2, 0) is 0 Å². The van der Waals surface area contributed by atoms with Crippen molar-refractivity contribution in [3.05, 3.63) is 17.8 Å². The number of rotatable bonds is 2. The maximum atomic E-state index is 5.76. The van der Waals surface area contributed by atoms with E-state index in [1.165, 1.54) is 11.3 Å². The van der Waals surface area contributed by atoms with E-state index in [0.717, 1.165) is 10.5 Å². The van der Waals surface area contributed by atoms with Gasteiger partial charge in [0.2, 0.25) is 5.89 Å². The number of imidazole rings is 1. The van der Waals surface area contributed by atoms with Crippen LogP contribution >= 0.6 is 11.3 Å². The molecule has 0 spiro atoms. The van der Waals surface area contributed by atoms with Crippen molar-refractivity contribution in [3.63, 3.8) is 0 Å². The van der Waals surface area contributed by atoms with Gasteiger partial charge < -0.3 is 18.8 Å². The van der Waals surface area contributed by atoms with E-state index in [1.54, 1.807) is 17.8 Å². The van der Waals surface area contributed by atoms with E-state index < -0.39 is 0 Å². The first-order valence-corrected chi connectivity index (χ1v) is 7.81. The van der Waals surface area contributed by atoms with Gasteiger partial charge in [-0.2, -0.15) is 15.1 Å². The predicted octanol–water partition coefficient (Wildman–Crippen LogP) is 2.69. The molecule has 0 aromatic carbocycles. The lowest BCUT2D eigenvalue weighted by atomic mass is 10.4. The van der Waals surface area contributed by atoms with Crippen LogP contribution in [0.25, 0.3) is 56.2 Å². The van der Waals surface area contributed by atoms with Gasteiger partial charge in [-0.1, -0.05) is 0 Å². The van der Waals surface area contributed by atoms with Crippen molar-refractivity contribution in [2.75, 3.05) is 0 Å². The topological polar surface area (TPSA) is 138 Å². The van der Waals surface area contributed by atoms with Crippen LogP contribution in [0.3, 0.4) is 0 Å². The fourth-order valence-corrected chi connectivity index (χ4v) is 3.16. The summed E-state index contributed by atoms with van der Waals surface area (Å²) in [7, 11) is 0. The Morgan fingerprint density at radius 1 is 0.917 bits per heavy atom. The second kappa shape index (κ2) is 4.08. The van der Waals surface area contributed by atoms with Gasteiger partial charge in [0.15, 0.2) is 38.8 Å². The summed E-state index contributed by atoms with van der Waals surface area (Å²) in [6.07, 6.45) is 1.58. The molecule has 0 saturated carbocycles. The van der Waals surface area contributed by atoms with Gasteiger partial charge in [-0.25, -0.2) is 9.97 Å². The van der Waals surface area contributed by atoms with E-state index >= 15 is 0 Å². The third kappa shape index (κ3) is 1.55. The summed E-state index contributed by atoms with van der Waals surface area (Å²) in [5, 5.41) is 6.60. The van der Waals surface area contributed by atoms with Crippen LogP contribution in [-0.4, -0.2) is 40.1 Å². The van der Waals surface area contributed by atoms with Crippen LogP contribution in [0.5, 0.6) is 0 Å². The molecule has 0 aliphatic rings. The molecule has 11 heteroatoms. The highest BCUT2D eigenvalue weighted by Gasteiger charge is 2.18. The largest absolute Gasteiger partial charge is 0.432 e. The van der Waals surface area contributed by atoms with Gasteiger partial charge >= 0.3 is 0 Å². The molecule has 0 atom stereocenters. The highest BCUT2D eigenvalue weighted by Crippen LogP contribution is 2.29. The Balaban J connectivity index is 1.45. The first-order chi connectivity index (χ1) is 11.8. The highest BCUT2D eigenvalue weighted by atomic mass is 32.1. The van der Waals surface area contributed by atoms with E-state index in [2.05, 4.69) is 40.1 Å². The summed E-state index contributed by atoms with van der Waals surface area (Å²) >= 11 is 1.45. The number of nitrogens with zero attached hydrogens (tertiary/aromatic N) is 5. The molecule has 0 saturated heterocycles. The molecule has 6 aromatic rings. The molecule has 10 nitrogen and oxygen atoms in total. The second-order valence-corrected chi connectivity index (χ2v) is 5.94. The quantitative estimate of drug-likeness (QED) is 0.441. The fourth-order valence-electron chi connectivity index (χ4n) is 2.55. The predicted molar refractivity (Wildman–Crippen MR) is 84.3 cm³/mol. The molecule has 0 amide bonds. The zero-order chi connectivity index (χ0) is 15.7. The standard InChI is InChI=1S/C13H6N8O2S/c1-4(11-19-8-6(23-11)2-15-21-8)16-7-5(1)22-12(18-7)9-17-10-13(20-9)24-3-14-10/h1-3,16H,(H,15,21)(H,17,20). The molecule has 24 heavy (non-hydrogen) atoms. The number of hydrogen-bond donors (Lipinski definition) is 3. The maximum Gasteiger partial charge on any atom is 0.265 e. The molecule has 116 valence electrons. The lowest BCUT2D eigenvalue weighted by Gasteiger charge is -1.88. The third-order valence-electron chi connectivity index (χ3n) is 3.62. The Labute approximate surface area is 135 Å². The number of thiazole rings is 1. The number of fused-ring (bicyclic) bond motifs is 3. The van der Waals surface area contributed by atoms with Gasteiger partial charge in [0, 0.05) is 6.07 Å². The van der Waals surface area contributed by atoms with Crippen LogP contribution in [0.1, 0.15) is 0 Å². The minimum absolute atomic E-state index is 0.400. The lowest BCUT2D eigenvalue weighted by molar-refractivity contribution is 0.610. The van der Waals surface area contributed by atoms with Crippen LogP contribution in [0.2, 0.25) is 0 Å². The van der Waals surface area contributed by atoms with Crippen molar-refractivity contribution in [1.82, 2.24) is 40.1 Å². The van der Waals surface area contributed by atoms with E-state index in [-0.39, 0.29) is 0 Å². The van der Waals surface area contributed by atoms with Crippen molar-refractivity contribution >= 4 is 44.3 Å². The molecule has 6 rings (SSSR count). The number of aromatic nitrogens is 8. The van der Waals surface area contributed by atoms with Gasteiger partial charge in [0.25, 0.3) is 5.89 Å². The summed E-state index contributed by atoms with van der Waals surface area (Å²) in [6, 6.07) is 1.79. The van der Waals surface area contributed by atoms with Crippen LogP contribution in [0.4, 0.5) is 0 Å². The monoisotopic (exact) mass is 338 g/mol. The summed E-state index contributed by atoms with van der Waals surface area (Å²) in [5.74, 6) is 1.39. The Morgan fingerprint density at radius 2 is 1.83 bits per heavy atom. The van der Waals surface area contributed by atoms with Gasteiger partial charge in [-0.15, -0.1) is 11.3 Å². The van der Waals surface area contributed by atoms with Crippen molar-refractivity contribution < 1.29 is 8.83 Å². The van der Waals surface area contributed by atoms with Crippen molar-refractivity contribution in [2.45, 2.75) is 0 Å². The highest BCUT2D eigenvalue weighted by molar-refractivity contribution is 7.16. The average Bonchev–Trinajstić information content (AvgIpc) is 3.31. The minimum atomic E-state index is 0.400. The molecule has 0 aliphatic carbocycles. The van der Waals surface area contributed by atoms with E-state index in [9.17, 15) is 0 Å². The lowest BCUT2D eigenvalue weighted by Crippen LogP contribution is -1.82. The molecule has 0 fully saturated rings. The molecule has 0 radical (unpaired) electrons. The van der Waals surface area contributed by atoms with Crippen LogP contribution in [0.15, 0.2) is 26.6 Å². The molecular weight excluding hydrogens is 332 g/mol. The molecule has 6 heterocycles. The number of aromatic amines is 3. The van der Waals surface area contributed by atoms with E-state index in [4.69, 9.17) is 8.83 Å². The van der Waals surface area contributed by atoms with Crippen LogP contribution in [0, 0.1) is 0 Å². The summed E-state index contributed by atoms with van der Waals surface area (Å²) in [6.45, 7) is 0. The molecule has 0 bridgehead atoms. The average molecular weight is 338 g/mol. The van der Waals surface area contributed by atoms with Crippen molar-refractivity contribution in [3.8, 4) is 23.3 Å². The smallest absolute Gasteiger partial charge is 0.265 e. The third-order valence-corrected chi connectivity index (χ3v) is 4.34. The maximum absolute atomic E-state index is 5.76. The summed E-state index contributed by atoms with van der Waals surface area (Å²) in [4.78, 5) is 24.3. The number of hydrogen-bond acceptors (Lipinski definition) is 8. The zero-order valence-electron chi connectivity index (χ0n) is 11.7. The first kappa shape index (κ1) is 12.0. The molecule has 6 aromatic heterocycles. The SMILES string of the molecule is c1nc2[nH]c(-c3nc4[nH]c(-c5nc6[nH]ncc6o5)cc4o3)nc2s1. The first-order valence-electron chi connectivity index (χ1n) is 6.93. The van der Waals surface area contributed by atoms with Gasteiger partial charge in [0.1, 0.15) is 5.69 Å². The Bertz CT molecular complexity index is 1140. The van der Waals surface area contributed by atoms with Gasteiger partial charge in [-0.3, -0.25) is 5.10 Å². The molecule has 0 unspecified atom stereocenters. The van der Waals surface area contributed by atoms with Crippen LogP contribution < -0.4 is 0 Å². The molecule has 3 N–H and O–H groups in total. The van der Waals surface area contributed by atoms with Gasteiger partial charge in [-0.05, 0) is 0 Å². The second-order valence-electron chi connectivity index (χ2n) is 5.11. The number of oxazole rings is 2.